The second kappa shape index (κ2) is 13.1. The van der Waals surface area contributed by atoms with E-state index < -0.39 is 20.2 Å². The van der Waals surface area contributed by atoms with Crippen LogP contribution in [0, 0.1) is 17.8 Å². The fourth-order valence-electron chi connectivity index (χ4n) is 5.75. The van der Waals surface area contributed by atoms with Crippen molar-refractivity contribution in [1.82, 2.24) is 4.90 Å². The molecule has 2 saturated heterocycles. The van der Waals surface area contributed by atoms with E-state index in [1.165, 1.54) is 12.8 Å². The first-order valence-electron chi connectivity index (χ1n) is 14.5. The summed E-state index contributed by atoms with van der Waals surface area (Å²) in [6, 6.07) is 0.562. The minimum absolute atomic E-state index is 0.0221. The number of hydrogen-bond donors (Lipinski definition) is 1. The molecule has 2 rings (SSSR count). The number of hydrogen-bond acceptors (Lipinski definition) is 5. The van der Waals surface area contributed by atoms with Crippen molar-refractivity contribution in [2.75, 3.05) is 14.1 Å². The maximum atomic E-state index is 11.5. The molecule has 2 aliphatic rings. The second-order valence-corrected chi connectivity index (χ2v) is 18.3. The van der Waals surface area contributed by atoms with Crippen LogP contribution in [0.25, 0.3) is 0 Å². The van der Waals surface area contributed by atoms with Crippen LogP contribution in [0.3, 0.4) is 0 Å². The fourth-order valence-corrected chi connectivity index (χ4v) is 7.22. The van der Waals surface area contributed by atoms with Crippen molar-refractivity contribution in [2.24, 2.45) is 17.8 Å². The highest BCUT2D eigenvalue weighted by atomic mass is 28.4. The molecule has 36 heavy (non-hydrogen) atoms. The Morgan fingerprint density at radius 3 is 2.03 bits per heavy atom. The molecule has 2 heterocycles. The van der Waals surface area contributed by atoms with E-state index in [4.69, 9.17) is 13.9 Å². The summed E-state index contributed by atoms with van der Waals surface area (Å²) in [4.78, 5) is 13.9. The van der Waals surface area contributed by atoms with Gasteiger partial charge >= 0.3 is 5.97 Å². The summed E-state index contributed by atoms with van der Waals surface area (Å²) in [6.45, 7) is 20.1. The van der Waals surface area contributed by atoms with Crippen molar-refractivity contribution < 1.29 is 23.8 Å². The quantitative estimate of drug-likeness (QED) is 0.273. The monoisotopic (exact) mass is 527 g/mol. The summed E-state index contributed by atoms with van der Waals surface area (Å²) >= 11 is 0. The van der Waals surface area contributed by atoms with E-state index in [0.29, 0.717) is 12.1 Å². The number of aliphatic carboxylic acids is 1. The first-order chi connectivity index (χ1) is 16.6. The Kier molecular flexibility index (Phi) is 11.5. The van der Waals surface area contributed by atoms with Gasteiger partial charge in [0.05, 0.1) is 36.4 Å². The number of carbonyl (C=O) groups is 1. The Bertz CT molecular complexity index is 694. The molecule has 212 valence electrons. The summed E-state index contributed by atoms with van der Waals surface area (Å²) in [7, 11) is 2.33. The fraction of sp³-hybridized carbons (Fsp3) is 0.966. The van der Waals surface area contributed by atoms with Gasteiger partial charge in [0.1, 0.15) is 0 Å². The third kappa shape index (κ3) is 8.01. The zero-order valence-corrected chi connectivity index (χ0v) is 26.2. The third-order valence-electron chi connectivity index (χ3n) is 9.51. The molecule has 0 aromatic heterocycles. The van der Waals surface area contributed by atoms with Gasteiger partial charge in [0.15, 0.2) is 8.32 Å². The average Bonchev–Trinajstić information content (AvgIpc) is 3.45. The highest BCUT2D eigenvalue weighted by Gasteiger charge is 2.47. The SMILES string of the molecule is CCC[C@H](C[C@@H]1CC[C@H]([C@H](C)[C@H](O[Si](C)(C)C(C)(C)C)[C@@H](C)[C@@H]2CC[C@H]([C@@H](C)C(=O)O)O2)O1)N(C)C. The van der Waals surface area contributed by atoms with E-state index in [-0.39, 0.29) is 41.3 Å². The van der Waals surface area contributed by atoms with E-state index >= 15 is 0 Å². The second-order valence-electron chi connectivity index (χ2n) is 13.5. The number of carboxylic acids is 1. The van der Waals surface area contributed by atoms with Gasteiger partial charge in [0.2, 0.25) is 0 Å². The molecule has 0 bridgehead atoms. The molecule has 0 aliphatic carbocycles. The summed E-state index contributed by atoms with van der Waals surface area (Å²) in [6.07, 6.45) is 7.70. The van der Waals surface area contributed by atoms with Gasteiger partial charge in [0.25, 0.3) is 0 Å². The van der Waals surface area contributed by atoms with Crippen molar-refractivity contribution in [3.63, 3.8) is 0 Å². The Morgan fingerprint density at radius 1 is 1.00 bits per heavy atom. The third-order valence-corrected chi connectivity index (χ3v) is 14.0. The van der Waals surface area contributed by atoms with Crippen molar-refractivity contribution in [2.45, 2.75) is 148 Å². The summed E-state index contributed by atoms with van der Waals surface area (Å²) < 4.78 is 20.2. The largest absolute Gasteiger partial charge is 0.481 e. The van der Waals surface area contributed by atoms with E-state index in [0.717, 1.165) is 32.1 Å². The number of ether oxygens (including phenoxy) is 2. The van der Waals surface area contributed by atoms with Crippen molar-refractivity contribution in [1.29, 1.82) is 0 Å². The van der Waals surface area contributed by atoms with Crippen LogP contribution in [0.5, 0.6) is 0 Å². The lowest BCUT2D eigenvalue weighted by atomic mass is 9.84. The molecule has 7 heteroatoms. The lowest BCUT2D eigenvalue weighted by molar-refractivity contribution is -0.147. The summed E-state index contributed by atoms with van der Waals surface area (Å²) in [5.41, 5.74) is 0. The number of carboxylic acid groups (broad SMARTS) is 1. The van der Waals surface area contributed by atoms with Gasteiger partial charge in [0, 0.05) is 17.9 Å². The minimum Gasteiger partial charge on any atom is -0.481 e. The average molecular weight is 528 g/mol. The van der Waals surface area contributed by atoms with Crippen LogP contribution < -0.4 is 0 Å². The lowest BCUT2D eigenvalue weighted by Crippen LogP contribution is -2.51. The smallest absolute Gasteiger partial charge is 0.308 e. The van der Waals surface area contributed by atoms with Crippen molar-refractivity contribution in [3.8, 4) is 0 Å². The molecular weight excluding hydrogens is 470 g/mol. The predicted octanol–water partition coefficient (Wildman–Crippen LogP) is 6.59. The molecule has 0 aromatic rings. The number of nitrogens with zero attached hydrogens (tertiary/aromatic N) is 1. The van der Waals surface area contributed by atoms with Gasteiger partial charge in [-0.2, -0.15) is 0 Å². The first kappa shape index (κ1) is 31.7. The Hall–Kier alpha value is -0.473. The van der Waals surface area contributed by atoms with Crippen LogP contribution in [-0.4, -0.2) is 75.0 Å². The molecule has 0 amide bonds. The molecule has 9 atom stereocenters. The van der Waals surface area contributed by atoms with E-state index in [2.05, 4.69) is 73.6 Å². The molecule has 0 radical (unpaired) electrons. The van der Waals surface area contributed by atoms with Gasteiger partial charge in [-0.1, -0.05) is 48.0 Å². The Balaban J connectivity index is 2.17. The van der Waals surface area contributed by atoms with Crippen LogP contribution in [0.2, 0.25) is 18.1 Å². The standard InChI is InChI=1S/C29H57NO5Si/c1-12-13-22(30(8)9)18-23-14-15-24(33-23)19(2)27(35-36(10,11)29(5,6)7)20(3)25-16-17-26(34-25)21(4)28(31)32/h19-27H,12-18H2,1-11H3,(H,31,32)/t19-,20-,21+,22+,23-,24+,25-,26+,27-/m0/s1. The van der Waals surface area contributed by atoms with Crippen molar-refractivity contribution in [3.05, 3.63) is 0 Å². The van der Waals surface area contributed by atoms with Gasteiger partial charge in [-0.25, -0.2) is 0 Å². The van der Waals surface area contributed by atoms with E-state index in [1.54, 1.807) is 6.92 Å². The predicted molar refractivity (Wildman–Crippen MR) is 150 cm³/mol. The Labute approximate surface area is 223 Å². The molecule has 0 spiro atoms. The first-order valence-corrected chi connectivity index (χ1v) is 17.4. The maximum absolute atomic E-state index is 11.5. The molecule has 1 N–H and O–H groups in total. The van der Waals surface area contributed by atoms with Crippen LogP contribution in [0.15, 0.2) is 0 Å². The highest BCUT2D eigenvalue weighted by Crippen LogP contribution is 2.43. The molecule has 6 nitrogen and oxygen atoms in total. The maximum Gasteiger partial charge on any atom is 0.308 e. The van der Waals surface area contributed by atoms with Crippen LogP contribution >= 0.6 is 0 Å². The topological polar surface area (TPSA) is 68.2 Å². The van der Waals surface area contributed by atoms with Crippen LogP contribution in [-0.2, 0) is 18.7 Å². The van der Waals surface area contributed by atoms with Crippen LogP contribution in [0.4, 0.5) is 0 Å². The van der Waals surface area contributed by atoms with Gasteiger partial charge in [-0.3, -0.25) is 4.79 Å². The summed E-state index contributed by atoms with van der Waals surface area (Å²) in [5.74, 6) is -0.827. The molecule has 2 fully saturated rings. The van der Waals surface area contributed by atoms with Gasteiger partial charge < -0.3 is 23.9 Å². The minimum atomic E-state index is -2.03. The van der Waals surface area contributed by atoms with Crippen LogP contribution in [0.1, 0.15) is 93.4 Å². The number of rotatable bonds is 13. The van der Waals surface area contributed by atoms with Gasteiger partial charge in [-0.05, 0) is 77.7 Å². The summed E-state index contributed by atoms with van der Waals surface area (Å²) in [5, 5.41) is 9.60. The molecule has 0 aromatic carbocycles. The molecule has 0 unspecified atom stereocenters. The molecule has 2 aliphatic heterocycles. The molecule has 0 saturated carbocycles. The van der Waals surface area contributed by atoms with Crippen molar-refractivity contribution >= 4 is 14.3 Å². The Morgan fingerprint density at radius 2 is 1.53 bits per heavy atom. The highest BCUT2D eigenvalue weighted by molar-refractivity contribution is 6.74. The van der Waals surface area contributed by atoms with E-state index in [1.807, 2.05) is 0 Å². The van der Waals surface area contributed by atoms with Gasteiger partial charge in [-0.15, -0.1) is 0 Å². The zero-order chi connectivity index (χ0) is 27.4. The molecular formula is C29H57NO5Si. The lowest BCUT2D eigenvalue weighted by Gasteiger charge is -2.45. The normalized spacial score (nSPS) is 29.8. The zero-order valence-electron chi connectivity index (χ0n) is 25.2. The van der Waals surface area contributed by atoms with E-state index in [9.17, 15) is 9.90 Å².